The largest absolute Gasteiger partial charge is 0.268 e. The molecule has 2 aliphatic heterocycles. The number of aliphatic imine (C=N–C) groups is 1. The van der Waals surface area contributed by atoms with Crippen LogP contribution in [0.2, 0.25) is 20.1 Å². The Bertz CT molecular complexity index is 3080. The lowest BCUT2D eigenvalue weighted by Crippen LogP contribution is -2.31. The minimum Gasteiger partial charge on any atom is -0.268 e. The summed E-state index contributed by atoms with van der Waals surface area (Å²) in [6, 6.07) is 35.7. The number of benzene rings is 7. The summed E-state index contributed by atoms with van der Waals surface area (Å²) in [4.78, 5) is 37.5. The molecule has 0 atom stereocenters. The maximum absolute atomic E-state index is 13.3. The van der Waals surface area contributed by atoms with Crippen molar-refractivity contribution >= 4 is 129 Å². The molecule has 50 heavy (non-hydrogen) atoms. The quantitative estimate of drug-likeness (QED) is 0.0676. The summed E-state index contributed by atoms with van der Waals surface area (Å²) < 4.78 is 1.77. The first kappa shape index (κ1) is 29.7. The molecule has 0 bridgehead atoms. The molecule has 9 aromatic rings. The molecule has 0 fully saturated rings. The number of carbonyl (C=O) groups is 1. The summed E-state index contributed by atoms with van der Waals surface area (Å²) in [5, 5.41) is 8.29. The Kier molecular flexibility index (Phi) is 6.30. The molecule has 0 spiro atoms. The number of nitrogens with zero attached hydrogens (tertiary/aromatic N) is 4. The van der Waals surface area contributed by atoms with Gasteiger partial charge >= 0.3 is 0 Å². The molecule has 4 heterocycles. The highest BCUT2D eigenvalue weighted by molar-refractivity contribution is 6.57. The van der Waals surface area contributed by atoms with Gasteiger partial charge < -0.3 is 0 Å². The molecule has 1 amide bonds. The second-order valence-electron chi connectivity index (χ2n) is 12.2. The molecule has 0 saturated heterocycles. The van der Waals surface area contributed by atoms with Crippen LogP contribution in [-0.2, 0) is 0 Å². The smallest absolute Gasteiger partial charge is 0.266 e. The fourth-order valence-corrected chi connectivity index (χ4v) is 8.48. The number of aromatic nitrogens is 2. The third-order valence-corrected chi connectivity index (χ3v) is 11.4. The molecule has 0 unspecified atom stereocenters. The first-order valence-electron chi connectivity index (χ1n) is 15.6. The fraction of sp³-hybridized carbons (Fsp3) is 0. The van der Waals surface area contributed by atoms with Crippen molar-refractivity contribution in [1.29, 1.82) is 0 Å². The van der Waals surface area contributed by atoms with Crippen LogP contribution in [0.5, 0.6) is 0 Å². The van der Waals surface area contributed by atoms with Crippen molar-refractivity contribution < 1.29 is 4.79 Å². The minimum atomic E-state index is -0.318. The van der Waals surface area contributed by atoms with Crippen LogP contribution >= 0.6 is 46.4 Å². The SMILES string of the molecule is O=C1c2c(Cl)c(Cl)c(Cl)c(Cl)c2C2=Nc3cccc4cccc(c34)N12.O=c1c2cccc3cccc(c32)c2nc3cccc4cccc(c43)n12. The Hall–Kier alpha value is -5.24. The van der Waals surface area contributed by atoms with Crippen LogP contribution in [0.15, 0.2) is 119 Å². The molecule has 2 aromatic heterocycles. The Morgan fingerprint density at radius 1 is 0.540 bits per heavy atom. The number of halogens is 4. The number of fused-ring (bicyclic) bond motifs is 7. The van der Waals surface area contributed by atoms with Gasteiger partial charge in [0.1, 0.15) is 5.65 Å². The lowest BCUT2D eigenvalue weighted by molar-refractivity contribution is 0.101. The van der Waals surface area contributed by atoms with Gasteiger partial charge in [-0.3, -0.25) is 18.9 Å². The topological polar surface area (TPSA) is 67.0 Å². The number of anilines is 1. The molecule has 0 N–H and O–H groups in total. The van der Waals surface area contributed by atoms with Gasteiger partial charge in [-0.25, -0.2) is 9.98 Å². The summed E-state index contributed by atoms with van der Waals surface area (Å²) in [5.74, 6) is 0.0953. The van der Waals surface area contributed by atoms with E-state index in [2.05, 4.69) is 23.2 Å². The Morgan fingerprint density at radius 3 is 1.86 bits per heavy atom. The van der Waals surface area contributed by atoms with E-state index < -0.39 is 0 Å². The molecule has 0 saturated carbocycles. The Morgan fingerprint density at radius 2 is 1.12 bits per heavy atom. The van der Waals surface area contributed by atoms with E-state index in [1.807, 2.05) is 91.0 Å². The van der Waals surface area contributed by atoms with E-state index in [4.69, 9.17) is 51.4 Å². The predicted octanol–water partition coefficient (Wildman–Crippen LogP) is 11.3. The number of carbonyl (C=O) groups excluding carboxylic acids is 1. The van der Waals surface area contributed by atoms with Crippen LogP contribution in [0.25, 0.3) is 59.8 Å². The summed E-state index contributed by atoms with van der Waals surface area (Å²) in [6.45, 7) is 0. The van der Waals surface area contributed by atoms with Crippen LogP contribution < -0.4 is 10.5 Å². The van der Waals surface area contributed by atoms with Gasteiger partial charge in [-0.2, -0.15) is 0 Å². The number of hydrogen-bond acceptors (Lipinski definition) is 4. The second-order valence-corrected chi connectivity index (χ2v) is 13.7. The highest BCUT2D eigenvalue weighted by atomic mass is 35.5. The second kappa shape index (κ2) is 10.6. The van der Waals surface area contributed by atoms with Crippen molar-refractivity contribution in [3.8, 4) is 0 Å². The van der Waals surface area contributed by atoms with Gasteiger partial charge in [-0.15, -0.1) is 0 Å². The Labute approximate surface area is 302 Å². The van der Waals surface area contributed by atoms with Crippen LogP contribution in [-0.4, -0.2) is 21.1 Å². The molecule has 2 aliphatic rings. The van der Waals surface area contributed by atoms with Crippen molar-refractivity contribution in [3.05, 3.63) is 151 Å². The molecular formula is C40H18Cl4N4O2. The van der Waals surface area contributed by atoms with Crippen LogP contribution in [0.4, 0.5) is 11.4 Å². The van der Waals surface area contributed by atoms with Crippen molar-refractivity contribution in [2.24, 2.45) is 4.99 Å². The van der Waals surface area contributed by atoms with Gasteiger partial charge in [-0.05, 0) is 46.5 Å². The average Bonchev–Trinajstić information content (AvgIpc) is 3.44. The Balaban J connectivity index is 0.000000127. The zero-order valence-electron chi connectivity index (χ0n) is 25.5. The van der Waals surface area contributed by atoms with Crippen molar-refractivity contribution in [1.82, 2.24) is 9.38 Å². The van der Waals surface area contributed by atoms with Gasteiger partial charge in [0.2, 0.25) is 0 Å². The monoisotopic (exact) mass is 726 g/mol. The molecule has 7 aromatic carbocycles. The molecule has 0 aliphatic carbocycles. The van der Waals surface area contributed by atoms with E-state index in [0.717, 1.165) is 71.1 Å². The van der Waals surface area contributed by atoms with E-state index >= 15 is 0 Å². The minimum absolute atomic E-state index is 0.00921. The normalized spacial score (nSPS) is 13.4. The third kappa shape index (κ3) is 3.87. The predicted molar refractivity (Wildman–Crippen MR) is 206 cm³/mol. The van der Waals surface area contributed by atoms with Crippen molar-refractivity contribution in [2.75, 3.05) is 4.90 Å². The zero-order valence-corrected chi connectivity index (χ0v) is 28.5. The van der Waals surface area contributed by atoms with E-state index in [-0.39, 0.29) is 37.1 Å². The average molecular weight is 728 g/mol. The molecule has 6 nitrogen and oxygen atoms in total. The maximum atomic E-state index is 13.3. The number of rotatable bonds is 0. The van der Waals surface area contributed by atoms with Crippen molar-refractivity contribution in [2.45, 2.75) is 0 Å². The molecule has 0 radical (unpaired) electrons. The number of amidine groups is 1. The standard InChI is InChI=1S/C22H12N2O.C18H6Cl4N2O/c25-22-16-10-2-6-13-5-1-9-15(19(13)16)21-23-17-11-3-7-14-8-4-12-18(20(14)17)24(21)22;19-13-11-12(14(20)16(22)15(13)21)18(25)24-9-6-2-4-7-3-1-5-8(10(7)9)23-17(11)24/h1-12H;1-6H. The summed E-state index contributed by atoms with van der Waals surface area (Å²) in [5.41, 5.74) is 4.68. The molecule has 10 heteroatoms. The highest BCUT2D eigenvalue weighted by Crippen LogP contribution is 2.49. The van der Waals surface area contributed by atoms with E-state index in [9.17, 15) is 9.59 Å². The first-order valence-corrected chi connectivity index (χ1v) is 17.1. The molecule has 11 rings (SSSR count). The highest BCUT2D eigenvalue weighted by Gasteiger charge is 2.43. The van der Waals surface area contributed by atoms with Gasteiger partial charge in [0, 0.05) is 26.9 Å². The first-order chi connectivity index (χ1) is 24.3. The fourth-order valence-electron chi connectivity index (χ4n) is 7.46. The summed E-state index contributed by atoms with van der Waals surface area (Å²) in [7, 11) is 0. The lowest BCUT2D eigenvalue weighted by Gasteiger charge is -2.24. The van der Waals surface area contributed by atoms with Gasteiger partial charge in [0.15, 0.2) is 5.84 Å². The van der Waals surface area contributed by atoms with Crippen LogP contribution in [0, 0.1) is 0 Å². The lowest BCUT2D eigenvalue weighted by atomic mass is 10.0. The van der Waals surface area contributed by atoms with Gasteiger partial charge in [0.25, 0.3) is 11.5 Å². The maximum Gasteiger partial charge on any atom is 0.266 e. The summed E-state index contributed by atoms with van der Waals surface area (Å²) in [6.07, 6.45) is 0. The van der Waals surface area contributed by atoms with Crippen molar-refractivity contribution in [3.63, 3.8) is 0 Å². The van der Waals surface area contributed by atoms with Crippen LogP contribution in [0.3, 0.4) is 0 Å². The number of pyridine rings is 1. The van der Waals surface area contributed by atoms with Crippen LogP contribution in [0.1, 0.15) is 15.9 Å². The van der Waals surface area contributed by atoms with E-state index in [0.29, 0.717) is 11.4 Å². The van der Waals surface area contributed by atoms with E-state index in [1.54, 1.807) is 4.40 Å². The summed E-state index contributed by atoms with van der Waals surface area (Å²) >= 11 is 25.0. The zero-order chi connectivity index (χ0) is 34.0. The number of amides is 1. The van der Waals surface area contributed by atoms with E-state index in [1.165, 1.54) is 4.90 Å². The number of hydrogen-bond donors (Lipinski definition) is 0. The van der Waals surface area contributed by atoms with Gasteiger partial charge in [-0.1, -0.05) is 125 Å². The third-order valence-electron chi connectivity index (χ3n) is 9.57. The molecule has 238 valence electrons. The van der Waals surface area contributed by atoms with Gasteiger partial charge in [0.05, 0.1) is 53.6 Å². The molecular weight excluding hydrogens is 710 g/mol.